The highest BCUT2D eigenvalue weighted by Gasteiger charge is 2.18. The number of nitrogens with one attached hydrogen (secondary N) is 4. The fraction of sp³-hybridized carbons (Fsp3) is 0.366. The molecule has 11 nitrogen and oxygen atoms in total. The summed E-state index contributed by atoms with van der Waals surface area (Å²) in [4.78, 5) is 50.6. The lowest BCUT2D eigenvalue weighted by Crippen LogP contribution is -2.30. The quantitative estimate of drug-likeness (QED) is 0.0641. The standard InChI is InChI=1S/C41H55N7O4/c1-5-6-7-8-9-10-11-12-13-14-15-16-17-18-19-20-21-25-38(49)42-26-23-27-43-39(50)36-29-33(31-47(36)3)45-41(52)37-30-34(32-48(37)4)44-40(51)35-24-22-28-46(35)2/h6-7,9-10,12-13,15-16,18-19,22,24,28-32H,5,8,11,14,17,20-21,23,25-27H2,1-4H3,(H,42,49)(H,43,50)(H,44,51)(H,45,52)/b7-6-,10-9-,13-12-,16-15-,19-18-. The van der Waals surface area contributed by atoms with E-state index in [4.69, 9.17) is 0 Å². The van der Waals surface area contributed by atoms with Crippen molar-refractivity contribution in [2.45, 2.75) is 64.7 Å². The Balaban J connectivity index is 1.26. The summed E-state index contributed by atoms with van der Waals surface area (Å²) < 4.78 is 4.97. The first-order valence-corrected chi connectivity index (χ1v) is 18.1. The van der Waals surface area contributed by atoms with Crippen LogP contribution >= 0.6 is 0 Å². The number of rotatable bonds is 22. The molecule has 0 spiro atoms. The second-order valence-corrected chi connectivity index (χ2v) is 12.4. The maximum atomic E-state index is 13.0. The molecule has 0 aliphatic heterocycles. The summed E-state index contributed by atoms with van der Waals surface area (Å²) in [7, 11) is 5.22. The Kier molecular flexibility index (Phi) is 18.1. The van der Waals surface area contributed by atoms with Crippen LogP contribution < -0.4 is 21.3 Å². The minimum Gasteiger partial charge on any atom is -0.356 e. The lowest BCUT2D eigenvalue weighted by molar-refractivity contribution is -0.121. The van der Waals surface area contributed by atoms with E-state index in [0.717, 1.165) is 44.9 Å². The van der Waals surface area contributed by atoms with E-state index in [2.05, 4.69) is 89.0 Å². The topological polar surface area (TPSA) is 131 Å². The number of carbonyl (C=O) groups excluding carboxylic acids is 4. The average Bonchev–Trinajstić information content (AvgIpc) is 3.82. The molecule has 0 saturated heterocycles. The zero-order chi connectivity index (χ0) is 37.6. The molecule has 3 rings (SSSR count). The van der Waals surface area contributed by atoms with Gasteiger partial charge < -0.3 is 35.0 Å². The molecule has 3 aromatic rings. The number of anilines is 2. The van der Waals surface area contributed by atoms with Crippen molar-refractivity contribution in [2.24, 2.45) is 21.1 Å². The van der Waals surface area contributed by atoms with Gasteiger partial charge in [0.1, 0.15) is 17.1 Å². The summed E-state index contributed by atoms with van der Waals surface area (Å²) in [5.74, 6) is -0.937. The summed E-state index contributed by atoms with van der Waals surface area (Å²) in [6.07, 6.45) is 34.4. The van der Waals surface area contributed by atoms with Crippen LogP contribution in [0.5, 0.6) is 0 Å². The van der Waals surface area contributed by atoms with Crippen LogP contribution in [0.25, 0.3) is 0 Å². The Labute approximate surface area is 308 Å². The van der Waals surface area contributed by atoms with Crippen LogP contribution in [0.3, 0.4) is 0 Å². The third kappa shape index (κ3) is 14.7. The average molecular weight is 710 g/mol. The molecule has 0 unspecified atom stereocenters. The number of aryl methyl sites for hydroxylation is 3. The van der Waals surface area contributed by atoms with E-state index in [9.17, 15) is 19.2 Å². The number of hydrogen-bond acceptors (Lipinski definition) is 4. The van der Waals surface area contributed by atoms with Gasteiger partial charge in [-0.2, -0.15) is 0 Å². The Morgan fingerprint density at radius 1 is 0.596 bits per heavy atom. The predicted octanol–water partition coefficient (Wildman–Crippen LogP) is 7.36. The highest BCUT2D eigenvalue weighted by atomic mass is 16.2. The Morgan fingerprint density at radius 2 is 1.10 bits per heavy atom. The molecule has 4 N–H and O–H groups in total. The van der Waals surface area contributed by atoms with Gasteiger partial charge in [0.15, 0.2) is 0 Å². The molecule has 0 radical (unpaired) electrons. The summed E-state index contributed by atoms with van der Waals surface area (Å²) in [5.41, 5.74) is 2.18. The van der Waals surface area contributed by atoms with Crippen molar-refractivity contribution in [2.75, 3.05) is 23.7 Å². The lowest BCUT2D eigenvalue weighted by Gasteiger charge is -2.07. The van der Waals surface area contributed by atoms with E-state index >= 15 is 0 Å². The minimum absolute atomic E-state index is 0.00494. The van der Waals surface area contributed by atoms with Crippen LogP contribution in [0.15, 0.2) is 104 Å². The number of aromatic nitrogens is 3. The highest BCUT2D eigenvalue weighted by molar-refractivity contribution is 6.07. The zero-order valence-electron chi connectivity index (χ0n) is 31.1. The third-order valence-corrected chi connectivity index (χ3v) is 8.06. The predicted molar refractivity (Wildman–Crippen MR) is 210 cm³/mol. The lowest BCUT2D eigenvalue weighted by atomic mass is 10.2. The van der Waals surface area contributed by atoms with Gasteiger partial charge in [0.2, 0.25) is 5.91 Å². The van der Waals surface area contributed by atoms with Crippen molar-refractivity contribution in [3.63, 3.8) is 0 Å². The van der Waals surface area contributed by atoms with E-state index < -0.39 is 0 Å². The SMILES string of the molecule is CC/C=C\C/C=C\C/C=C\C/C=C\C/C=C\CCCC(=O)NCCCNC(=O)c1cc(NC(=O)c2cc(NC(=O)c3cccn3C)cn2C)cn1C. The van der Waals surface area contributed by atoms with Crippen molar-refractivity contribution in [1.82, 2.24) is 24.3 Å². The molecule has 0 fully saturated rings. The Hall–Kier alpha value is -5.58. The summed E-state index contributed by atoms with van der Waals surface area (Å²) in [6.45, 7) is 3.01. The van der Waals surface area contributed by atoms with Gasteiger partial charge in [-0.1, -0.05) is 67.7 Å². The molecule has 0 saturated carbocycles. The smallest absolute Gasteiger partial charge is 0.272 e. The number of nitrogens with zero attached hydrogens (tertiary/aromatic N) is 3. The molecule has 278 valence electrons. The number of allylic oxidation sites excluding steroid dienone is 10. The number of amides is 4. The van der Waals surface area contributed by atoms with Crippen molar-refractivity contribution in [1.29, 1.82) is 0 Å². The maximum Gasteiger partial charge on any atom is 0.272 e. The first kappa shape index (κ1) is 40.8. The van der Waals surface area contributed by atoms with Gasteiger partial charge in [0, 0.05) is 59.2 Å². The number of carbonyl (C=O) groups is 4. The zero-order valence-corrected chi connectivity index (χ0v) is 31.1. The molecule has 3 aromatic heterocycles. The van der Waals surface area contributed by atoms with Crippen LogP contribution in [-0.4, -0.2) is 50.4 Å². The summed E-state index contributed by atoms with van der Waals surface area (Å²) in [5, 5.41) is 11.4. The van der Waals surface area contributed by atoms with E-state index in [0.29, 0.717) is 54.4 Å². The van der Waals surface area contributed by atoms with Crippen molar-refractivity contribution in [3.8, 4) is 0 Å². The van der Waals surface area contributed by atoms with Crippen LogP contribution in [-0.2, 0) is 25.9 Å². The van der Waals surface area contributed by atoms with E-state index in [1.165, 1.54) is 0 Å². The Bertz CT molecular complexity index is 1750. The first-order valence-electron chi connectivity index (χ1n) is 18.1. The van der Waals surface area contributed by atoms with Gasteiger partial charge in [-0.05, 0) is 75.6 Å². The molecular weight excluding hydrogens is 654 g/mol. The molecule has 0 atom stereocenters. The molecule has 11 heteroatoms. The van der Waals surface area contributed by atoms with Crippen LogP contribution in [0.2, 0.25) is 0 Å². The van der Waals surface area contributed by atoms with Crippen molar-refractivity contribution in [3.05, 3.63) is 121 Å². The van der Waals surface area contributed by atoms with Crippen molar-refractivity contribution < 1.29 is 19.2 Å². The van der Waals surface area contributed by atoms with E-state index in [-0.39, 0.29) is 23.6 Å². The van der Waals surface area contributed by atoms with Crippen LogP contribution in [0.4, 0.5) is 11.4 Å². The minimum atomic E-state index is -0.381. The third-order valence-electron chi connectivity index (χ3n) is 8.06. The largest absolute Gasteiger partial charge is 0.356 e. The molecule has 0 bridgehead atoms. The second kappa shape index (κ2) is 23.0. The molecule has 0 aliphatic rings. The molecule has 52 heavy (non-hydrogen) atoms. The van der Waals surface area contributed by atoms with Gasteiger partial charge in [0.25, 0.3) is 17.7 Å². The fourth-order valence-electron chi connectivity index (χ4n) is 5.25. The van der Waals surface area contributed by atoms with E-state index in [1.807, 2.05) is 0 Å². The van der Waals surface area contributed by atoms with Gasteiger partial charge in [-0.15, -0.1) is 0 Å². The monoisotopic (exact) mass is 709 g/mol. The first-order chi connectivity index (χ1) is 25.2. The summed E-state index contributed by atoms with van der Waals surface area (Å²) >= 11 is 0. The number of hydrogen-bond donors (Lipinski definition) is 4. The second-order valence-electron chi connectivity index (χ2n) is 12.4. The highest BCUT2D eigenvalue weighted by Crippen LogP contribution is 2.18. The van der Waals surface area contributed by atoms with Gasteiger partial charge in [-0.3, -0.25) is 19.2 Å². The van der Waals surface area contributed by atoms with Gasteiger partial charge >= 0.3 is 0 Å². The normalized spacial score (nSPS) is 11.8. The number of unbranched alkanes of at least 4 members (excludes halogenated alkanes) is 1. The van der Waals surface area contributed by atoms with E-state index in [1.54, 1.807) is 77.7 Å². The molecular formula is C41H55N7O4. The maximum absolute atomic E-state index is 13.0. The van der Waals surface area contributed by atoms with Gasteiger partial charge in [0.05, 0.1) is 11.4 Å². The Morgan fingerprint density at radius 3 is 1.63 bits per heavy atom. The van der Waals surface area contributed by atoms with Crippen LogP contribution in [0, 0.1) is 0 Å². The molecule has 4 amide bonds. The van der Waals surface area contributed by atoms with Gasteiger partial charge in [-0.25, -0.2) is 0 Å². The summed E-state index contributed by atoms with van der Waals surface area (Å²) in [6, 6.07) is 6.69. The molecule has 0 aliphatic carbocycles. The molecule has 0 aromatic carbocycles. The molecule has 3 heterocycles. The van der Waals surface area contributed by atoms with Crippen molar-refractivity contribution >= 4 is 35.0 Å². The van der Waals surface area contributed by atoms with Crippen LogP contribution in [0.1, 0.15) is 96.2 Å². The fourth-order valence-corrected chi connectivity index (χ4v) is 5.25.